The van der Waals surface area contributed by atoms with Crippen molar-refractivity contribution in [3.05, 3.63) is 0 Å². The average molecular weight is 289 g/mol. The van der Waals surface area contributed by atoms with Crippen LogP contribution in [0.2, 0.25) is 0 Å². The van der Waals surface area contributed by atoms with Crippen molar-refractivity contribution in [3.63, 3.8) is 0 Å². The summed E-state index contributed by atoms with van der Waals surface area (Å²) in [5.74, 6) is 0. The Labute approximate surface area is 85.0 Å². The highest BCUT2D eigenvalue weighted by Gasteiger charge is 1.97. The predicted octanol–water partition coefficient (Wildman–Crippen LogP) is 1.92. The second-order valence-corrected chi connectivity index (χ2v) is 3.36. The van der Waals surface area contributed by atoms with Crippen LogP contribution in [0.1, 0.15) is 0 Å². The van der Waals surface area contributed by atoms with Crippen molar-refractivity contribution >= 4 is 52.2 Å². The Kier molecular flexibility index (Phi) is 5.36. The zero-order valence-corrected chi connectivity index (χ0v) is 9.58. The molecule has 0 aliphatic carbocycles. The van der Waals surface area contributed by atoms with E-state index in [0.717, 1.165) is 9.47 Å². The van der Waals surface area contributed by atoms with Gasteiger partial charge < -0.3 is 5.32 Å². The maximum Gasteiger partial charge on any atom is 0.206 e. The number of anilines is 1. The summed E-state index contributed by atoms with van der Waals surface area (Å²) in [5.41, 5.74) is 0. The molecule has 0 aromatic carbocycles. The van der Waals surface area contributed by atoms with Crippen LogP contribution in [-0.2, 0) is 0 Å². The summed E-state index contributed by atoms with van der Waals surface area (Å²) in [6.45, 7) is 0. The Balaban J connectivity index is 0.000000810. The molecule has 6 heteroatoms. The van der Waals surface area contributed by atoms with E-state index in [1.807, 2.05) is 13.3 Å². The van der Waals surface area contributed by atoms with Crippen molar-refractivity contribution in [2.45, 2.75) is 4.34 Å². The lowest BCUT2D eigenvalue weighted by Gasteiger charge is -1.83. The molecule has 0 saturated heterocycles. The molecule has 10 heavy (non-hydrogen) atoms. The minimum Gasteiger partial charge on any atom is -0.363 e. The molecular formula is C4H8IN3S2. The van der Waals surface area contributed by atoms with Gasteiger partial charge in [0.1, 0.15) is 0 Å². The van der Waals surface area contributed by atoms with Crippen molar-refractivity contribution in [3.8, 4) is 0 Å². The number of rotatable bonds is 2. The maximum absolute atomic E-state index is 3.87. The lowest BCUT2D eigenvalue weighted by molar-refractivity contribution is 1.01. The van der Waals surface area contributed by atoms with E-state index in [2.05, 4.69) is 15.5 Å². The van der Waals surface area contributed by atoms with Gasteiger partial charge in [0, 0.05) is 7.05 Å². The van der Waals surface area contributed by atoms with Gasteiger partial charge in [0.2, 0.25) is 5.13 Å². The van der Waals surface area contributed by atoms with E-state index in [-0.39, 0.29) is 24.0 Å². The predicted molar refractivity (Wildman–Crippen MR) is 56.7 cm³/mol. The van der Waals surface area contributed by atoms with E-state index < -0.39 is 0 Å². The fourth-order valence-electron chi connectivity index (χ4n) is 0.393. The number of nitrogens with one attached hydrogen (secondary N) is 1. The van der Waals surface area contributed by atoms with Gasteiger partial charge in [-0.3, -0.25) is 0 Å². The summed E-state index contributed by atoms with van der Waals surface area (Å²) in [4.78, 5) is 0. The van der Waals surface area contributed by atoms with E-state index in [4.69, 9.17) is 0 Å². The smallest absolute Gasteiger partial charge is 0.206 e. The molecular weight excluding hydrogens is 281 g/mol. The summed E-state index contributed by atoms with van der Waals surface area (Å²) in [5, 5.41) is 11.5. The molecule has 1 N–H and O–H groups in total. The first kappa shape index (κ1) is 10.4. The monoisotopic (exact) mass is 289 g/mol. The molecule has 1 heterocycles. The molecule has 0 bridgehead atoms. The van der Waals surface area contributed by atoms with Gasteiger partial charge in [-0.05, 0) is 6.26 Å². The van der Waals surface area contributed by atoms with Crippen LogP contribution in [0.5, 0.6) is 0 Å². The molecule has 1 aromatic heterocycles. The molecule has 58 valence electrons. The van der Waals surface area contributed by atoms with Gasteiger partial charge >= 0.3 is 0 Å². The first-order valence-electron chi connectivity index (χ1n) is 2.42. The molecule has 1 rings (SSSR count). The van der Waals surface area contributed by atoms with Gasteiger partial charge in [0.15, 0.2) is 4.34 Å². The Morgan fingerprint density at radius 2 is 2.20 bits per heavy atom. The molecule has 0 saturated carbocycles. The van der Waals surface area contributed by atoms with Crippen molar-refractivity contribution in [1.82, 2.24) is 10.2 Å². The van der Waals surface area contributed by atoms with E-state index in [0.29, 0.717) is 0 Å². The number of halogens is 1. The summed E-state index contributed by atoms with van der Waals surface area (Å²) < 4.78 is 0.999. The van der Waals surface area contributed by atoms with Gasteiger partial charge in [-0.1, -0.05) is 23.1 Å². The number of hydrogen-bond acceptors (Lipinski definition) is 5. The second kappa shape index (κ2) is 5.14. The van der Waals surface area contributed by atoms with Gasteiger partial charge in [-0.2, -0.15) is 0 Å². The number of hydrogen-bond donors (Lipinski definition) is 1. The fraction of sp³-hybridized carbons (Fsp3) is 0.500. The minimum atomic E-state index is 0. The van der Waals surface area contributed by atoms with Gasteiger partial charge in [-0.15, -0.1) is 34.2 Å². The molecule has 0 aliphatic rings. The highest BCUT2D eigenvalue weighted by atomic mass is 127. The third-order valence-corrected chi connectivity index (χ3v) is 2.71. The normalized spacial score (nSPS) is 8.60. The zero-order valence-electron chi connectivity index (χ0n) is 5.62. The van der Waals surface area contributed by atoms with Crippen LogP contribution in [0.4, 0.5) is 5.13 Å². The SMILES string of the molecule is CNc1nnc(SC)s1.I. The number of nitrogens with zero attached hydrogens (tertiary/aromatic N) is 2. The van der Waals surface area contributed by atoms with Crippen LogP contribution in [0, 0.1) is 0 Å². The standard InChI is InChI=1S/C4H7N3S2.HI/c1-5-3-6-7-4(8-2)9-3;/h1-2H3,(H,5,6);1H. The third kappa shape index (κ3) is 2.59. The second-order valence-electron chi connectivity index (χ2n) is 1.33. The first-order valence-corrected chi connectivity index (χ1v) is 4.46. The van der Waals surface area contributed by atoms with Crippen LogP contribution in [0.3, 0.4) is 0 Å². The van der Waals surface area contributed by atoms with Crippen molar-refractivity contribution in [2.75, 3.05) is 18.6 Å². The largest absolute Gasteiger partial charge is 0.363 e. The Morgan fingerprint density at radius 3 is 2.50 bits per heavy atom. The molecule has 0 radical (unpaired) electrons. The Bertz CT molecular complexity index is 172. The van der Waals surface area contributed by atoms with Crippen LogP contribution in [0.15, 0.2) is 4.34 Å². The van der Waals surface area contributed by atoms with Crippen LogP contribution in [0.25, 0.3) is 0 Å². The number of aromatic nitrogens is 2. The first-order chi connectivity index (χ1) is 4.36. The van der Waals surface area contributed by atoms with Crippen LogP contribution < -0.4 is 5.32 Å². The van der Waals surface area contributed by atoms with E-state index >= 15 is 0 Å². The van der Waals surface area contributed by atoms with E-state index in [1.54, 1.807) is 23.1 Å². The molecule has 0 fully saturated rings. The molecule has 0 unspecified atom stereocenters. The molecule has 0 amide bonds. The molecule has 0 spiro atoms. The Hall–Kier alpha value is 0.440. The van der Waals surface area contributed by atoms with E-state index in [9.17, 15) is 0 Å². The summed E-state index contributed by atoms with van der Waals surface area (Å²) in [7, 11) is 1.84. The van der Waals surface area contributed by atoms with Crippen LogP contribution in [-0.4, -0.2) is 23.5 Å². The molecule has 1 aromatic rings. The summed E-state index contributed by atoms with van der Waals surface area (Å²) in [6.07, 6.45) is 1.99. The molecule has 0 atom stereocenters. The highest BCUT2D eigenvalue weighted by Crippen LogP contribution is 2.22. The zero-order chi connectivity index (χ0) is 6.69. The molecule has 3 nitrogen and oxygen atoms in total. The van der Waals surface area contributed by atoms with Gasteiger partial charge in [0.25, 0.3) is 0 Å². The topological polar surface area (TPSA) is 37.8 Å². The summed E-state index contributed by atoms with van der Waals surface area (Å²) in [6, 6.07) is 0. The Morgan fingerprint density at radius 1 is 1.50 bits per heavy atom. The quantitative estimate of drug-likeness (QED) is 0.667. The van der Waals surface area contributed by atoms with Crippen molar-refractivity contribution in [1.29, 1.82) is 0 Å². The average Bonchev–Trinajstić information content (AvgIpc) is 2.34. The maximum atomic E-state index is 3.87. The third-order valence-electron chi connectivity index (χ3n) is 0.795. The highest BCUT2D eigenvalue weighted by molar-refractivity contribution is 14.0. The van der Waals surface area contributed by atoms with Gasteiger partial charge in [-0.25, -0.2) is 0 Å². The van der Waals surface area contributed by atoms with Crippen LogP contribution >= 0.6 is 47.1 Å². The lowest BCUT2D eigenvalue weighted by Crippen LogP contribution is -1.84. The number of thioether (sulfide) groups is 1. The summed E-state index contributed by atoms with van der Waals surface area (Å²) >= 11 is 3.17. The fourth-order valence-corrected chi connectivity index (χ4v) is 1.52. The van der Waals surface area contributed by atoms with Crippen molar-refractivity contribution < 1.29 is 0 Å². The van der Waals surface area contributed by atoms with Gasteiger partial charge in [0.05, 0.1) is 0 Å². The van der Waals surface area contributed by atoms with Crippen molar-refractivity contribution in [2.24, 2.45) is 0 Å². The molecule has 0 aliphatic heterocycles. The lowest BCUT2D eigenvalue weighted by atomic mass is 11.1. The minimum absolute atomic E-state index is 0. The van der Waals surface area contributed by atoms with E-state index in [1.165, 1.54) is 0 Å².